The topological polar surface area (TPSA) is 73.6 Å². The van der Waals surface area contributed by atoms with Crippen LogP contribution in [0.5, 0.6) is 5.75 Å². The molecule has 134 valence electrons. The van der Waals surface area contributed by atoms with Crippen molar-refractivity contribution >= 4 is 5.91 Å². The molecule has 1 aliphatic heterocycles. The molecule has 1 saturated heterocycles. The summed E-state index contributed by atoms with van der Waals surface area (Å²) < 4.78 is 43.1. The Bertz CT molecular complexity index is 778. The molecular weight excluding hydrogens is 334 g/mol. The number of rotatable bonds is 5. The molecule has 8 heteroatoms. The Hall–Kier alpha value is -2.48. The molecule has 1 aliphatic rings. The molecular formula is C17H18F2N2O4. The first kappa shape index (κ1) is 17.3. The maximum atomic E-state index is 14.0. The van der Waals surface area contributed by atoms with Crippen molar-refractivity contribution in [2.45, 2.75) is 19.4 Å². The molecule has 6 nitrogen and oxygen atoms in total. The van der Waals surface area contributed by atoms with E-state index in [1.807, 2.05) is 13.0 Å². The smallest absolute Gasteiger partial charge is 0.254 e. The largest absolute Gasteiger partial charge is 0.494 e. The van der Waals surface area contributed by atoms with Gasteiger partial charge < -0.3 is 19.3 Å². The maximum Gasteiger partial charge on any atom is 0.254 e. The van der Waals surface area contributed by atoms with Crippen LogP contribution in [0.4, 0.5) is 8.78 Å². The van der Waals surface area contributed by atoms with E-state index in [0.29, 0.717) is 25.4 Å². The van der Waals surface area contributed by atoms with E-state index in [0.717, 1.165) is 5.69 Å². The Morgan fingerprint density at radius 3 is 2.84 bits per heavy atom. The molecule has 25 heavy (non-hydrogen) atoms. The highest BCUT2D eigenvalue weighted by Crippen LogP contribution is 2.24. The van der Waals surface area contributed by atoms with Gasteiger partial charge in [-0.2, -0.15) is 4.39 Å². The first-order valence-electron chi connectivity index (χ1n) is 7.82. The zero-order chi connectivity index (χ0) is 18.0. The minimum atomic E-state index is -1.24. The number of carbonyl (C=O) groups excluding carboxylic acids is 1. The molecule has 3 rings (SSSR count). The highest BCUT2D eigenvalue weighted by Gasteiger charge is 2.32. The van der Waals surface area contributed by atoms with Crippen molar-refractivity contribution in [2.24, 2.45) is 5.92 Å². The van der Waals surface area contributed by atoms with E-state index in [4.69, 9.17) is 14.0 Å². The average Bonchev–Trinajstić information content (AvgIpc) is 3.19. The summed E-state index contributed by atoms with van der Waals surface area (Å²) >= 11 is 0. The van der Waals surface area contributed by atoms with Gasteiger partial charge in [-0.3, -0.25) is 4.79 Å². The van der Waals surface area contributed by atoms with Crippen molar-refractivity contribution in [1.82, 2.24) is 10.5 Å². The minimum absolute atomic E-state index is 0.0394. The third-order valence-corrected chi connectivity index (χ3v) is 4.17. The third-order valence-electron chi connectivity index (χ3n) is 4.17. The summed E-state index contributed by atoms with van der Waals surface area (Å²) in [4.78, 5) is 12.3. The number of halogens is 2. The number of carbonyl (C=O) groups is 1. The first-order valence-corrected chi connectivity index (χ1v) is 7.82. The highest BCUT2D eigenvalue weighted by atomic mass is 19.2. The molecule has 1 aromatic carbocycles. The van der Waals surface area contributed by atoms with Gasteiger partial charge >= 0.3 is 0 Å². The molecule has 1 fully saturated rings. The molecule has 2 atom stereocenters. The fourth-order valence-electron chi connectivity index (χ4n) is 2.84. The number of methoxy groups -OCH3 is 1. The van der Waals surface area contributed by atoms with Crippen molar-refractivity contribution in [3.8, 4) is 5.75 Å². The minimum Gasteiger partial charge on any atom is -0.494 e. The predicted octanol–water partition coefficient (Wildman–Crippen LogP) is 2.26. The van der Waals surface area contributed by atoms with Crippen LogP contribution in [-0.4, -0.2) is 37.4 Å². The van der Waals surface area contributed by atoms with Gasteiger partial charge in [-0.25, -0.2) is 4.39 Å². The summed E-state index contributed by atoms with van der Waals surface area (Å²) in [7, 11) is 1.23. The molecule has 1 amide bonds. The van der Waals surface area contributed by atoms with E-state index < -0.39 is 17.5 Å². The lowest BCUT2D eigenvalue weighted by molar-refractivity contribution is 0.0919. The van der Waals surface area contributed by atoms with Gasteiger partial charge in [0, 0.05) is 18.4 Å². The number of nitrogens with zero attached hydrogens (tertiary/aromatic N) is 1. The summed E-state index contributed by atoms with van der Waals surface area (Å²) in [6, 6.07) is 3.89. The van der Waals surface area contributed by atoms with Crippen LogP contribution in [-0.2, 0) is 11.2 Å². The monoisotopic (exact) mass is 352 g/mol. The predicted molar refractivity (Wildman–Crippen MR) is 83.4 cm³/mol. The zero-order valence-electron chi connectivity index (χ0n) is 13.8. The molecule has 0 spiro atoms. The van der Waals surface area contributed by atoms with Crippen LogP contribution >= 0.6 is 0 Å². The van der Waals surface area contributed by atoms with Crippen molar-refractivity contribution in [1.29, 1.82) is 0 Å². The molecule has 2 heterocycles. The van der Waals surface area contributed by atoms with Crippen molar-refractivity contribution in [3.05, 3.63) is 46.9 Å². The standard InChI is InChI=1S/C17H18F2N2O4/c1-9-5-11(25-21-9)6-10-7-24-8-13(10)20-17(22)12-3-4-14(23-2)16(19)15(12)18/h3-5,10,13H,6-8H2,1-2H3,(H,20,22). The Morgan fingerprint density at radius 2 is 2.16 bits per heavy atom. The van der Waals surface area contributed by atoms with Gasteiger partial charge in [-0.1, -0.05) is 5.16 Å². The fraction of sp³-hybridized carbons (Fsp3) is 0.412. The maximum absolute atomic E-state index is 14.0. The van der Waals surface area contributed by atoms with Crippen LogP contribution < -0.4 is 10.1 Å². The molecule has 2 unspecified atom stereocenters. The Labute approximate surface area is 143 Å². The third kappa shape index (κ3) is 3.63. The van der Waals surface area contributed by atoms with Crippen molar-refractivity contribution in [3.63, 3.8) is 0 Å². The normalized spacial score (nSPS) is 19.8. The van der Waals surface area contributed by atoms with Gasteiger partial charge in [0.15, 0.2) is 11.6 Å². The van der Waals surface area contributed by atoms with Gasteiger partial charge in [0.2, 0.25) is 5.82 Å². The average molecular weight is 352 g/mol. The number of aromatic nitrogens is 1. The molecule has 0 aliphatic carbocycles. The van der Waals surface area contributed by atoms with Gasteiger partial charge in [-0.05, 0) is 19.1 Å². The Morgan fingerprint density at radius 1 is 1.36 bits per heavy atom. The SMILES string of the molecule is COc1ccc(C(=O)NC2COCC2Cc2cc(C)no2)c(F)c1F. The summed E-state index contributed by atoms with van der Waals surface area (Å²) in [5.74, 6) is -2.73. The second-order valence-electron chi connectivity index (χ2n) is 5.96. The number of amides is 1. The lowest BCUT2D eigenvalue weighted by Crippen LogP contribution is -2.41. The molecule has 0 radical (unpaired) electrons. The first-order chi connectivity index (χ1) is 12.0. The number of hydrogen-bond donors (Lipinski definition) is 1. The van der Waals surface area contributed by atoms with E-state index in [-0.39, 0.29) is 23.3 Å². The lowest BCUT2D eigenvalue weighted by atomic mass is 9.97. The van der Waals surface area contributed by atoms with Gasteiger partial charge in [-0.15, -0.1) is 0 Å². The van der Waals surface area contributed by atoms with Gasteiger partial charge in [0.05, 0.1) is 37.6 Å². The Balaban J connectivity index is 1.70. The van der Waals surface area contributed by atoms with E-state index >= 15 is 0 Å². The number of ether oxygens (including phenoxy) is 2. The van der Waals surface area contributed by atoms with Crippen LogP contribution in [0, 0.1) is 24.5 Å². The quantitative estimate of drug-likeness (QED) is 0.894. The second kappa shape index (κ2) is 7.18. The lowest BCUT2D eigenvalue weighted by Gasteiger charge is -2.18. The van der Waals surface area contributed by atoms with E-state index in [9.17, 15) is 13.6 Å². The van der Waals surface area contributed by atoms with Crippen molar-refractivity contribution in [2.75, 3.05) is 20.3 Å². The summed E-state index contributed by atoms with van der Waals surface area (Å²) in [6.45, 7) is 2.55. The summed E-state index contributed by atoms with van der Waals surface area (Å²) in [5.41, 5.74) is 0.393. The Kier molecular flexibility index (Phi) is 4.98. The van der Waals surface area contributed by atoms with Gasteiger partial charge in [0.25, 0.3) is 5.91 Å². The molecule has 0 bridgehead atoms. The van der Waals surface area contributed by atoms with Crippen LogP contribution in [0.3, 0.4) is 0 Å². The highest BCUT2D eigenvalue weighted by molar-refractivity contribution is 5.94. The molecule has 1 aromatic heterocycles. The number of aryl methyl sites for hydroxylation is 1. The summed E-state index contributed by atoms with van der Waals surface area (Å²) in [6.07, 6.45) is 0.533. The fourth-order valence-corrected chi connectivity index (χ4v) is 2.84. The van der Waals surface area contributed by atoms with E-state index in [1.165, 1.54) is 19.2 Å². The number of hydrogen-bond acceptors (Lipinski definition) is 5. The van der Waals surface area contributed by atoms with Crippen LogP contribution in [0.15, 0.2) is 22.7 Å². The van der Waals surface area contributed by atoms with Gasteiger partial charge in [0.1, 0.15) is 5.76 Å². The molecule has 0 saturated carbocycles. The number of nitrogens with one attached hydrogen (secondary N) is 1. The van der Waals surface area contributed by atoms with Crippen LogP contribution in [0.2, 0.25) is 0 Å². The van der Waals surface area contributed by atoms with Crippen molar-refractivity contribution < 1.29 is 27.6 Å². The number of benzene rings is 1. The second-order valence-corrected chi connectivity index (χ2v) is 5.96. The van der Waals surface area contributed by atoms with E-state index in [1.54, 1.807) is 0 Å². The summed E-state index contributed by atoms with van der Waals surface area (Å²) in [5, 5.41) is 6.53. The van der Waals surface area contributed by atoms with Crippen LogP contribution in [0.1, 0.15) is 21.8 Å². The van der Waals surface area contributed by atoms with Crippen LogP contribution in [0.25, 0.3) is 0 Å². The molecule has 2 aromatic rings. The molecule has 1 N–H and O–H groups in total. The zero-order valence-corrected chi connectivity index (χ0v) is 13.8. The van der Waals surface area contributed by atoms with E-state index in [2.05, 4.69) is 10.5 Å².